The van der Waals surface area contributed by atoms with Crippen molar-refractivity contribution in [1.29, 1.82) is 0 Å². The second-order valence-corrected chi connectivity index (χ2v) is 5.49. The van der Waals surface area contributed by atoms with Gasteiger partial charge in [0.1, 0.15) is 0 Å². The topological polar surface area (TPSA) is 62.2 Å². The van der Waals surface area contributed by atoms with E-state index in [-0.39, 0.29) is 5.56 Å². The summed E-state index contributed by atoms with van der Waals surface area (Å²) < 4.78 is 0. The molecule has 4 nitrogen and oxygen atoms in total. The van der Waals surface area contributed by atoms with E-state index in [0.717, 1.165) is 16.8 Å². The van der Waals surface area contributed by atoms with E-state index in [1.54, 1.807) is 36.5 Å². The maximum absolute atomic E-state index is 10.9. The Morgan fingerprint density at radius 3 is 2.50 bits per heavy atom. The number of carbonyl (C=O) groups is 1. The average molecular weight is 333 g/mol. The van der Waals surface area contributed by atoms with Crippen LogP contribution in [0.25, 0.3) is 10.9 Å². The summed E-state index contributed by atoms with van der Waals surface area (Å²) in [4.78, 5) is 15.1. The van der Waals surface area contributed by atoms with E-state index in [2.05, 4.69) is 10.3 Å². The van der Waals surface area contributed by atoms with Crippen LogP contribution in [-0.4, -0.2) is 16.1 Å². The van der Waals surface area contributed by atoms with Crippen LogP contribution in [0.1, 0.15) is 10.4 Å². The lowest BCUT2D eigenvalue weighted by atomic mass is 10.1. The molecule has 0 fully saturated rings. The number of hydrogen-bond donors (Lipinski definition) is 2. The summed E-state index contributed by atoms with van der Waals surface area (Å²) in [5.74, 6) is -0.960. The number of halogens is 2. The third-order valence-electron chi connectivity index (χ3n) is 3.17. The van der Waals surface area contributed by atoms with Crippen LogP contribution in [0.4, 0.5) is 11.4 Å². The van der Waals surface area contributed by atoms with E-state index < -0.39 is 5.97 Å². The summed E-state index contributed by atoms with van der Waals surface area (Å²) in [5, 5.41) is 13.9. The standard InChI is InChI=1S/C16H10Cl2N2O2/c17-10-7-12(18)15-13(5-6-19-14(15)8-10)20-11-3-1-9(2-4-11)16(21)22/h1-8H,(H,19,20)(H,21,22). The van der Waals surface area contributed by atoms with Crippen LogP contribution < -0.4 is 5.32 Å². The summed E-state index contributed by atoms with van der Waals surface area (Å²) in [5.41, 5.74) is 2.44. The Morgan fingerprint density at radius 2 is 1.82 bits per heavy atom. The van der Waals surface area contributed by atoms with Gasteiger partial charge in [0.25, 0.3) is 0 Å². The van der Waals surface area contributed by atoms with Crippen LogP contribution in [0.3, 0.4) is 0 Å². The summed E-state index contributed by atoms with van der Waals surface area (Å²) in [6.45, 7) is 0. The SMILES string of the molecule is O=C(O)c1ccc(Nc2ccnc3cc(Cl)cc(Cl)c23)cc1. The van der Waals surface area contributed by atoms with Crippen molar-refractivity contribution in [2.45, 2.75) is 0 Å². The highest BCUT2D eigenvalue weighted by Crippen LogP contribution is 2.33. The molecule has 1 heterocycles. The third kappa shape index (κ3) is 2.84. The van der Waals surface area contributed by atoms with Crippen LogP contribution in [0.15, 0.2) is 48.7 Å². The van der Waals surface area contributed by atoms with E-state index in [0.29, 0.717) is 15.6 Å². The van der Waals surface area contributed by atoms with Gasteiger partial charge in [0.2, 0.25) is 0 Å². The van der Waals surface area contributed by atoms with Crippen molar-refractivity contribution in [2.24, 2.45) is 0 Å². The summed E-state index contributed by atoms with van der Waals surface area (Å²) >= 11 is 12.2. The number of anilines is 2. The Hall–Kier alpha value is -2.30. The molecule has 0 aliphatic carbocycles. The van der Waals surface area contributed by atoms with E-state index in [1.807, 2.05) is 0 Å². The minimum absolute atomic E-state index is 0.231. The largest absolute Gasteiger partial charge is 0.478 e. The van der Waals surface area contributed by atoms with Crippen molar-refractivity contribution in [1.82, 2.24) is 4.98 Å². The van der Waals surface area contributed by atoms with Crippen molar-refractivity contribution in [3.05, 3.63) is 64.3 Å². The van der Waals surface area contributed by atoms with E-state index in [9.17, 15) is 4.79 Å². The summed E-state index contributed by atoms with van der Waals surface area (Å²) in [6, 6.07) is 11.7. The van der Waals surface area contributed by atoms with Crippen LogP contribution in [0.5, 0.6) is 0 Å². The maximum Gasteiger partial charge on any atom is 0.335 e. The zero-order chi connectivity index (χ0) is 15.7. The molecule has 0 aliphatic rings. The van der Waals surface area contributed by atoms with Crippen LogP contribution >= 0.6 is 23.2 Å². The molecule has 3 rings (SSSR count). The van der Waals surface area contributed by atoms with Crippen LogP contribution in [0, 0.1) is 0 Å². The average Bonchev–Trinajstić information content (AvgIpc) is 2.47. The smallest absolute Gasteiger partial charge is 0.335 e. The lowest BCUT2D eigenvalue weighted by Crippen LogP contribution is -1.97. The number of rotatable bonds is 3. The Labute approximate surface area is 136 Å². The number of pyridine rings is 1. The highest BCUT2D eigenvalue weighted by molar-refractivity contribution is 6.39. The summed E-state index contributed by atoms with van der Waals surface area (Å²) in [6.07, 6.45) is 1.66. The molecule has 110 valence electrons. The Morgan fingerprint density at radius 1 is 1.09 bits per heavy atom. The molecule has 0 saturated carbocycles. The molecule has 0 amide bonds. The fourth-order valence-corrected chi connectivity index (χ4v) is 2.74. The molecule has 0 atom stereocenters. The van der Waals surface area contributed by atoms with Crippen molar-refractivity contribution < 1.29 is 9.90 Å². The number of nitrogens with zero attached hydrogens (tertiary/aromatic N) is 1. The molecule has 0 bridgehead atoms. The molecule has 0 unspecified atom stereocenters. The van der Waals surface area contributed by atoms with Gasteiger partial charge in [0.15, 0.2) is 0 Å². The van der Waals surface area contributed by atoms with Gasteiger partial charge in [-0.1, -0.05) is 23.2 Å². The molecule has 0 spiro atoms. The zero-order valence-corrected chi connectivity index (χ0v) is 12.7. The Kier molecular flexibility index (Phi) is 3.88. The van der Waals surface area contributed by atoms with Gasteiger partial charge in [-0.3, -0.25) is 4.98 Å². The van der Waals surface area contributed by atoms with E-state index in [1.165, 1.54) is 12.1 Å². The Bertz CT molecular complexity index is 864. The predicted molar refractivity (Wildman–Crippen MR) is 88.4 cm³/mol. The quantitative estimate of drug-likeness (QED) is 0.709. The first-order valence-corrected chi connectivity index (χ1v) is 7.14. The van der Waals surface area contributed by atoms with Gasteiger partial charge >= 0.3 is 5.97 Å². The van der Waals surface area contributed by atoms with Crippen molar-refractivity contribution in [2.75, 3.05) is 5.32 Å². The monoisotopic (exact) mass is 332 g/mol. The fourth-order valence-electron chi connectivity index (χ4n) is 2.16. The Balaban J connectivity index is 2.02. The van der Waals surface area contributed by atoms with Gasteiger partial charge in [-0.15, -0.1) is 0 Å². The zero-order valence-electron chi connectivity index (χ0n) is 11.2. The first-order valence-electron chi connectivity index (χ1n) is 6.39. The highest BCUT2D eigenvalue weighted by atomic mass is 35.5. The van der Waals surface area contributed by atoms with E-state index in [4.69, 9.17) is 28.3 Å². The molecule has 6 heteroatoms. The molecule has 3 aromatic rings. The first-order chi connectivity index (χ1) is 10.5. The van der Waals surface area contributed by atoms with Crippen molar-refractivity contribution >= 4 is 51.4 Å². The number of benzene rings is 2. The molecular formula is C16H10Cl2N2O2. The van der Waals surface area contributed by atoms with Gasteiger partial charge in [-0.2, -0.15) is 0 Å². The predicted octanol–water partition coefficient (Wildman–Crippen LogP) is 4.98. The minimum Gasteiger partial charge on any atom is -0.478 e. The molecule has 0 aliphatic heterocycles. The minimum atomic E-state index is -0.960. The number of carboxylic acid groups (broad SMARTS) is 1. The number of fused-ring (bicyclic) bond motifs is 1. The third-order valence-corrected chi connectivity index (χ3v) is 3.69. The normalized spacial score (nSPS) is 10.6. The number of carboxylic acids is 1. The lowest BCUT2D eigenvalue weighted by molar-refractivity contribution is 0.0697. The second-order valence-electron chi connectivity index (χ2n) is 4.65. The molecule has 2 N–H and O–H groups in total. The van der Waals surface area contributed by atoms with Crippen LogP contribution in [-0.2, 0) is 0 Å². The molecule has 0 radical (unpaired) electrons. The molecule has 1 aromatic heterocycles. The number of nitrogens with one attached hydrogen (secondary N) is 1. The fraction of sp³-hybridized carbons (Fsp3) is 0. The highest BCUT2D eigenvalue weighted by Gasteiger charge is 2.09. The van der Waals surface area contributed by atoms with Gasteiger partial charge in [0, 0.05) is 22.3 Å². The van der Waals surface area contributed by atoms with E-state index >= 15 is 0 Å². The van der Waals surface area contributed by atoms with Gasteiger partial charge in [0.05, 0.1) is 21.8 Å². The molecular weight excluding hydrogens is 323 g/mol. The van der Waals surface area contributed by atoms with Crippen LogP contribution in [0.2, 0.25) is 10.0 Å². The second kappa shape index (κ2) is 5.83. The van der Waals surface area contributed by atoms with Gasteiger partial charge < -0.3 is 10.4 Å². The lowest BCUT2D eigenvalue weighted by Gasteiger charge is -2.11. The van der Waals surface area contributed by atoms with Crippen molar-refractivity contribution in [3.8, 4) is 0 Å². The first kappa shape index (κ1) is 14.6. The van der Waals surface area contributed by atoms with Gasteiger partial charge in [-0.25, -0.2) is 4.79 Å². The number of aromatic carboxylic acids is 1. The van der Waals surface area contributed by atoms with Gasteiger partial charge in [-0.05, 0) is 42.5 Å². The van der Waals surface area contributed by atoms with Crippen molar-refractivity contribution in [3.63, 3.8) is 0 Å². The number of hydrogen-bond acceptors (Lipinski definition) is 3. The molecule has 2 aromatic carbocycles. The summed E-state index contributed by atoms with van der Waals surface area (Å²) in [7, 11) is 0. The number of aromatic nitrogens is 1. The molecule has 22 heavy (non-hydrogen) atoms. The maximum atomic E-state index is 10.9. The molecule has 0 saturated heterocycles.